The minimum Gasteiger partial charge on any atom is -0.545 e. The summed E-state index contributed by atoms with van der Waals surface area (Å²) in [5.74, 6) is 1.42. The third-order valence-electron chi connectivity index (χ3n) is 1.43. The van der Waals surface area contributed by atoms with Crippen LogP contribution in [0.3, 0.4) is 0 Å². The molecule has 0 spiro atoms. The van der Waals surface area contributed by atoms with Gasteiger partial charge in [-0.15, -0.1) is 0 Å². The van der Waals surface area contributed by atoms with Crippen molar-refractivity contribution in [3.8, 4) is 0 Å². The van der Waals surface area contributed by atoms with Crippen molar-refractivity contribution in [3.63, 3.8) is 0 Å². The molecule has 1 radical (unpaired) electrons. The average Bonchev–Trinajstić information content (AvgIpc) is 2.34. The fourth-order valence-corrected chi connectivity index (χ4v) is 0.686. The van der Waals surface area contributed by atoms with Gasteiger partial charge in [0.25, 0.3) is 0 Å². The summed E-state index contributed by atoms with van der Waals surface area (Å²) in [5, 5.41) is 0. The molecule has 0 amide bonds. The molecular weight excluding hydrogens is 329 g/mol. The van der Waals surface area contributed by atoms with Crippen LogP contribution in [0.2, 0.25) is 0 Å². The van der Waals surface area contributed by atoms with Crippen LogP contribution in [0.25, 0.3) is 0 Å². The van der Waals surface area contributed by atoms with Crippen molar-refractivity contribution in [2.75, 3.05) is 0 Å². The van der Waals surface area contributed by atoms with Gasteiger partial charge in [-0.25, -0.2) is 9.97 Å². The molecule has 0 atom stereocenters. The standard InChI is InChI=1S/C8H12N2.C4H9.2CHO.Ru/c1-8(2,3)7-4-9-6-10-5-7;1-4(2)3;2*1-2;/h4-6H,1-3H3;1-3H3;2*1H;/q;3*-1;+3. The molecule has 0 aliphatic rings. The predicted octanol–water partition coefficient (Wildman–Crippen LogP) is 2.84. The van der Waals surface area contributed by atoms with Gasteiger partial charge in [0.15, 0.2) is 0 Å². The second kappa shape index (κ2) is 17.0. The number of rotatable bonds is 0. The Bertz CT molecular complexity index is 270. The molecule has 1 heterocycles. The summed E-state index contributed by atoms with van der Waals surface area (Å²) < 4.78 is 0. The molecular formula is C14H23N2O2Ru. The summed E-state index contributed by atoms with van der Waals surface area (Å²) in [6.07, 6.45) is 5.26. The summed E-state index contributed by atoms with van der Waals surface area (Å²) in [5.41, 5.74) is 1.34. The molecule has 4 nitrogen and oxygen atoms in total. The van der Waals surface area contributed by atoms with Gasteiger partial charge in [0.1, 0.15) is 6.33 Å². The van der Waals surface area contributed by atoms with Crippen LogP contribution in [0.5, 0.6) is 0 Å². The van der Waals surface area contributed by atoms with Crippen LogP contribution in [0.15, 0.2) is 18.7 Å². The first-order chi connectivity index (χ1) is 8.34. The molecule has 0 aliphatic heterocycles. The molecule has 0 fully saturated rings. The van der Waals surface area contributed by atoms with Gasteiger partial charge in [0.2, 0.25) is 0 Å². The molecule has 1 aromatic rings. The van der Waals surface area contributed by atoms with Gasteiger partial charge in [-0.2, -0.15) is 20.8 Å². The monoisotopic (exact) mass is 353 g/mol. The summed E-state index contributed by atoms with van der Waals surface area (Å²) >= 11 is 0. The van der Waals surface area contributed by atoms with Gasteiger partial charge in [-0.05, 0) is 11.0 Å². The molecule has 0 aliphatic carbocycles. The van der Waals surface area contributed by atoms with Crippen LogP contribution >= 0.6 is 0 Å². The molecule has 0 aromatic carbocycles. The molecule has 19 heavy (non-hydrogen) atoms. The SMILES string of the molecule is CC(C)(C)c1cncnc1.C[C-](C)C.[CH-]=O.[CH-]=O.[Ru+3]. The van der Waals surface area contributed by atoms with Crippen LogP contribution in [-0.4, -0.2) is 23.5 Å². The Morgan fingerprint density at radius 2 is 1.21 bits per heavy atom. The van der Waals surface area contributed by atoms with E-state index in [1.807, 2.05) is 12.4 Å². The molecule has 1 aromatic heterocycles. The zero-order valence-electron chi connectivity index (χ0n) is 12.5. The smallest absolute Gasteiger partial charge is 0.545 e. The third kappa shape index (κ3) is 22.7. The summed E-state index contributed by atoms with van der Waals surface area (Å²) in [6.45, 7) is 19.2. The Morgan fingerprint density at radius 3 is 1.37 bits per heavy atom. The van der Waals surface area contributed by atoms with E-state index in [-0.39, 0.29) is 24.9 Å². The molecule has 0 saturated carbocycles. The van der Waals surface area contributed by atoms with Crippen LogP contribution in [0, 0.1) is 5.92 Å². The topological polar surface area (TPSA) is 59.9 Å². The maximum absolute atomic E-state index is 7.75. The minimum atomic E-state index is 0. The molecule has 5 heteroatoms. The zero-order chi connectivity index (χ0) is 15.2. The molecule has 0 saturated heterocycles. The second-order valence-electron chi connectivity index (χ2n) is 4.88. The van der Waals surface area contributed by atoms with Crippen molar-refractivity contribution in [3.05, 3.63) is 30.2 Å². The van der Waals surface area contributed by atoms with Gasteiger partial charge < -0.3 is 15.5 Å². The Labute approximate surface area is 130 Å². The van der Waals surface area contributed by atoms with Crippen molar-refractivity contribution in [2.45, 2.75) is 47.0 Å². The molecule has 109 valence electrons. The van der Waals surface area contributed by atoms with E-state index in [1.165, 1.54) is 11.5 Å². The Kier molecular flexibility index (Phi) is 23.8. The average molecular weight is 352 g/mol. The summed E-state index contributed by atoms with van der Waals surface area (Å²) in [7, 11) is 0. The van der Waals surface area contributed by atoms with Crippen LogP contribution < -0.4 is 0 Å². The number of hydrogen-bond acceptors (Lipinski definition) is 4. The van der Waals surface area contributed by atoms with Gasteiger partial charge >= 0.3 is 19.5 Å². The Hall–Kier alpha value is -0.957. The van der Waals surface area contributed by atoms with Gasteiger partial charge in [0, 0.05) is 12.4 Å². The number of nitrogens with zero attached hydrogens (tertiary/aromatic N) is 2. The fraction of sp³-hybridized carbons (Fsp3) is 0.500. The van der Waals surface area contributed by atoms with E-state index in [4.69, 9.17) is 9.59 Å². The maximum Gasteiger partial charge on any atom is 3.00 e. The van der Waals surface area contributed by atoms with E-state index in [1.54, 1.807) is 6.33 Å². The van der Waals surface area contributed by atoms with Crippen molar-refractivity contribution < 1.29 is 29.1 Å². The molecule has 0 bridgehead atoms. The zero-order valence-corrected chi connectivity index (χ0v) is 14.2. The van der Waals surface area contributed by atoms with E-state index < -0.39 is 0 Å². The van der Waals surface area contributed by atoms with Crippen LogP contribution in [0.4, 0.5) is 0 Å². The Morgan fingerprint density at radius 1 is 0.947 bits per heavy atom. The van der Waals surface area contributed by atoms with Gasteiger partial charge in [0.05, 0.1) is 0 Å². The molecule has 0 N–H and O–H groups in total. The number of carbonyl (C=O) groups excluding carboxylic acids is 2. The van der Waals surface area contributed by atoms with E-state index in [0.29, 0.717) is 0 Å². The molecule has 1 rings (SSSR count). The van der Waals surface area contributed by atoms with Crippen molar-refractivity contribution in [1.82, 2.24) is 9.97 Å². The van der Waals surface area contributed by atoms with Gasteiger partial charge in [-0.3, -0.25) is 13.6 Å². The maximum atomic E-state index is 7.75. The van der Waals surface area contributed by atoms with E-state index in [9.17, 15) is 0 Å². The summed E-state index contributed by atoms with van der Waals surface area (Å²) in [6, 6.07) is 0. The number of hydrogen-bond donors (Lipinski definition) is 0. The summed E-state index contributed by atoms with van der Waals surface area (Å²) in [4.78, 5) is 23.4. The van der Waals surface area contributed by atoms with E-state index >= 15 is 0 Å². The van der Waals surface area contributed by atoms with Crippen LogP contribution in [0.1, 0.15) is 47.1 Å². The van der Waals surface area contributed by atoms with E-state index in [0.717, 1.165) is 0 Å². The third-order valence-corrected chi connectivity index (χ3v) is 1.43. The van der Waals surface area contributed by atoms with E-state index in [2.05, 4.69) is 65.1 Å². The minimum absolute atomic E-state index is 0. The second-order valence-corrected chi connectivity index (χ2v) is 4.88. The first kappa shape index (κ1) is 26.6. The molecule has 0 unspecified atom stereocenters. The van der Waals surface area contributed by atoms with Crippen molar-refractivity contribution in [2.24, 2.45) is 0 Å². The number of aromatic nitrogens is 2. The Balaban J connectivity index is -0.000000107. The first-order valence-corrected chi connectivity index (χ1v) is 5.33. The van der Waals surface area contributed by atoms with Gasteiger partial charge in [-0.1, -0.05) is 20.8 Å². The largest absolute Gasteiger partial charge is 3.00 e. The van der Waals surface area contributed by atoms with Crippen molar-refractivity contribution in [1.29, 1.82) is 0 Å². The fourth-order valence-electron chi connectivity index (χ4n) is 0.686. The first-order valence-electron chi connectivity index (χ1n) is 5.33. The van der Waals surface area contributed by atoms with Crippen LogP contribution in [-0.2, 0) is 34.5 Å². The van der Waals surface area contributed by atoms with Crippen molar-refractivity contribution >= 4 is 13.6 Å². The predicted molar refractivity (Wildman–Crippen MR) is 74.5 cm³/mol. The quantitative estimate of drug-likeness (QED) is 0.409. The normalized spacial score (nSPS) is 8.37.